The highest BCUT2D eigenvalue weighted by atomic mass is 79.9. The molecule has 0 spiro atoms. The lowest BCUT2D eigenvalue weighted by Crippen LogP contribution is -2.23. The SMILES string of the molecule is O=C(O)CCC(Br)C(F)(F)F. The first-order valence-electron chi connectivity index (χ1n) is 2.76. The molecule has 0 heterocycles. The van der Waals surface area contributed by atoms with Gasteiger partial charge in [-0.25, -0.2) is 0 Å². The molecule has 6 heteroatoms. The van der Waals surface area contributed by atoms with Crippen LogP contribution in [0.1, 0.15) is 12.8 Å². The average Bonchev–Trinajstić information content (AvgIpc) is 1.80. The highest BCUT2D eigenvalue weighted by Gasteiger charge is 2.37. The molecule has 0 fully saturated rings. The van der Waals surface area contributed by atoms with Crippen LogP contribution in [0.4, 0.5) is 13.2 Å². The molecule has 66 valence electrons. The fourth-order valence-corrected chi connectivity index (χ4v) is 0.643. The second-order valence-corrected chi connectivity index (χ2v) is 3.05. The van der Waals surface area contributed by atoms with Crippen LogP contribution in [0.25, 0.3) is 0 Å². The lowest BCUT2D eigenvalue weighted by Gasteiger charge is -2.11. The summed E-state index contributed by atoms with van der Waals surface area (Å²) in [5.74, 6) is -1.22. The topological polar surface area (TPSA) is 37.3 Å². The summed E-state index contributed by atoms with van der Waals surface area (Å²) in [5.41, 5.74) is 0. The molecule has 0 saturated heterocycles. The van der Waals surface area contributed by atoms with Gasteiger partial charge < -0.3 is 5.11 Å². The van der Waals surface area contributed by atoms with Crippen molar-refractivity contribution >= 4 is 21.9 Å². The van der Waals surface area contributed by atoms with Gasteiger partial charge in [-0.2, -0.15) is 13.2 Å². The van der Waals surface area contributed by atoms with E-state index in [1.54, 1.807) is 0 Å². The van der Waals surface area contributed by atoms with Crippen molar-refractivity contribution in [3.8, 4) is 0 Å². The van der Waals surface area contributed by atoms with Crippen LogP contribution in [0.5, 0.6) is 0 Å². The minimum absolute atomic E-state index is 0.432. The van der Waals surface area contributed by atoms with Gasteiger partial charge in [0.2, 0.25) is 0 Å². The van der Waals surface area contributed by atoms with Gasteiger partial charge in [-0.05, 0) is 6.42 Å². The number of hydrogen-bond donors (Lipinski definition) is 1. The molecule has 1 atom stereocenters. The molecule has 0 aromatic heterocycles. The zero-order valence-electron chi connectivity index (χ0n) is 5.36. The lowest BCUT2D eigenvalue weighted by molar-refractivity contribution is -0.140. The Balaban J connectivity index is 3.70. The highest BCUT2D eigenvalue weighted by Crippen LogP contribution is 2.29. The lowest BCUT2D eigenvalue weighted by atomic mass is 10.2. The van der Waals surface area contributed by atoms with Crippen molar-refractivity contribution in [2.24, 2.45) is 0 Å². The first-order valence-corrected chi connectivity index (χ1v) is 3.68. The number of hydrogen-bond acceptors (Lipinski definition) is 1. The van der Waals surface area contributed by atoms with Gasteiger partial charge in [-0.1, -0.05) is 15.9 Å². The largest absolute Gasteiger partial charge is 0.481 e. The normalized spacial score (nSPS) is 14.5. The fraction of sp³-hybridized carbons (Fsp3) is 0.800. The van der Waals surface area contributed by atoms with E-state index in [0.29, 0.717) is 0 Å². The number of carboxylic acids is 1. The molecular weight excluding hydrogens is 229 g/mol. The maximum atomic E-state index is 11.7. The first-order chi connectivity index (χ1) is 4.84. The molecule has 0 aliphatic heterocycles. The Labute approximate surface area is 69.5 Å². The van der Waals surface area contributed by atoms with Crippen molar-refractivity contribution in [2.75, 3.05) is 0 Å². The third-order valence-corrected chi connectivity index (χ3v) is 1.94. The van der Waals surface area contributed by atoms with E-state index >= 15 is 0 Å². The van der Waals surface area contributed by atoms with E-state index in [1.807, 2.05) is 0 Å². The number of alkyl halides is 4. The fourth-order valence-electron chi connectivity index (χ4n) is 0.414. The average molecular weight is 235 g/mol. The van der Waals surface area contributed by atoms with E-state index in [4.69, 9.17) is 5.11 Å². The Hall–Kier alpha value is -0.260. The van der Waals surface area contributed by atoms with Crippen molar-refractivity contribution in [1.29, 1.82) is 0 Å². The minimum atomic E-state index is -4.35. The Morgan fingerprint density at radius 3 is 2.27 bits per heavy atom. The van der Waals surface area contributed by atoms with Gasteiger partial charge >= 0.3 is 12.1 Å². The monoisotopic (exact) mass is 234 g/mol. The van der Waals surface area contributed by atoms with Crippen LogP contribution >= 0.6 is 15.9 Å². The van der Waals surface area contributed by atoms with Crippen LogP contribution in [0.3, 0.4) is 0 Å². The van der Waals surface area contributed by atoms with E-state index in [-0.39, 0.29) is 0 Å². The molecule has 0 aliphatic rings. The Morgan fingerprint density at radius 1 is 1.55 bits per heavy atom. The van der Waals surface area contributed by atoms with Crippen molar-refractivity contribution in [2.45, 2.75) is 23.8 Å². The molecule has 0 amide bonds. The number of halogens is 4. The Kier molecular flexibility index (Phi) is 3.85. The quantitative estimate of drug-likeness (QED) is 0.761. The zero-order valence-corrected chi connectivity index (χ0v) is 6.94. The standard InChI is InChI=1S/C5H6BrF3O2/c6-3(5(7,8)9)1-2-4(10)11/h3H,1-2H2,(H,10,11). The number of rotatable bonds is 3. The van der Waals surface area contributed by atoms with E-state index < -0.39 is 29.8 Å². The van der Waals surface area contributed by atoms with Crippen LogP contribution in [0, 0.1) is 0 Å². The molecule has 0 aromatic rings. The predicted octanol–water partition coefficient (Wildman–Crippen LogP) is 2.18. The predicted molar refractivity (Wildman–Crippen MR) is 35.6 cm³/mol. The maximum absolute atomic E-state index is 11.7. The van der Waals surface area contributed by atoms with Crippen molar-refractivity contribution in [3.63, 3.8) is 0 Å². The number of aliphatic carboxylic acids is 1. The van der Waals surface area contributed by atoms with Crippen LogP contribution in [0.2, 0.25) is 0 Å². The molecule has 1 N–H and O–H groups in total. The highest BCUT2D eigenvalue weighted by molar-refractivity contribution is 9.09. The molecule has 0 rings (SSSR count). The van der Waals surface area contributed by atoms with Crippen LogP contribution < -0.4 is 0 Å². The van der Waals surface area contributed by atoms with Gasteiger partial charge in [-0.3, -0.25) is 4.79 Å². The van der Waals surface area contributed by atoms with Gasteiger partial charge in [0.15, 0.2) is 0 Å². The first kappa shape index (κ1) is 10.7. The third kappa shape index (κ3) is 5.06. The summed E-state index contributed by atoms with van der Waals surface area (Å²) in [7, 11) is 0. The Morgan fingerprint density at radius 2 is 2.00 bits per heavy atom. The summed E-state index contributed by atoms with van der Waals surface area (Å²) in [5, 5.41) is 8.04. The summed E-state index contributed by atoms with van der Waals surface area (Å²) in [4.78, 5) is 8.13. The third-order valence-electron chi connectivity index (χ3n) is 0.967. The van der Waals surface area contributed by atoms with E-state index in [0.717, 1.165) is 0 Å². The second kappa shape index (κ2) is 3.94. The van der Waals surface area contributed by atoms with Crippen LogP contribution in [-0.4, -0.2) is 22.1 Å². The van der Waals surface area contributed by atoms with Gasteiger partial charge in [0.25, 0.3) is 0 Å². The van der Waals surface area contributed by atoms with E-state index in [9.17, 15) is 18.0 Å². The van der Waals surface area contributed by atoms with Crippen molar-refractivity contribution < 1.29 is 23.1 Å². The molecule has 0 aliphatic carbocycles. The molecule has 0 saturated carbocycles. The molecule has 0 radical (unpaired) electrons. The molecule has 11 heavy (non-hydrogen) atoms. The summed E-state index contributed by atoms with van der Waals surface area (Å²) in [6.45, 7) is 0. The smallest absolute Gasteiger partial charge is 0.401 e. The van der Waals surface area contributed by atoms with Crippen LogP contribution in [0.15, 0.2) is 0 Å². The number of carboxylic acid groups (broad SMARTS) is 1. The van der Waals surface area contributed by atoms with Crippen LogP contribution in [-0.2, 0) is 4.79 Å². The molecule has 2 nitrogen and oxygen atoms in total. The van der Waals surface area contributed by atoms with Gasteiger partial charge in [0.1, 0.15) is 4.83 Å². The minimum Gasteiger partial charge on any atom is -0.481 e. The van der Waals surface area contributed by atoms with Gasteiger partial charge in [0, 0.05) is 6.42 Å². The van der Waals surface area contributed by atoms with E-state index in [1.165, 1.54) is 0 Å². The van der Waals surface area contributed by atoms with Crippen molar-refractivity contribution in [3.05, 3.63) is 0 Å². The van der Waals surface area contributed by atoms with Crippen molar-refractivity contribution in [1.82, 2.24) is 0 Å². The molecule has 0 bridgehead atoms. The van der Waals surface area contributed by atoms with E-state index in [2.05, 4.69) is 15.9 Å². The van der Waals surface area contributed by atoms with Gasteiger partial charge in [-0.15, -0.1) is 0 Å². The Bertz CT molecular complexity index is 145. The molecule has 0 aromatic carbocycles. The summed E-state index contributed by atoms with van der Waals surface area (Å²) in [6, 6.07) is 0. The molecule has 1 unspecified atom stereocenters. The second-order valence-electron chi connectivity index (χ2n) is 1.94. The number of carbonyl (C=O) groups is 1. The van der Waals surface area contributed by atoms with Gasteiger partial charge in [0.05, 0.1) is 0 Å². The maximum Gasteiger partial charge on any atom is 0.401 e. The summed E-state index contributed by atoms with van der Waals surface area (Å²) < 4.78 is 35.0. The summed E-state index contributed by atoms with van der Waals surface area (Å²) >= 11 is 2.34. The summed E-state index contributed by atoms with van der Waals surface area (Å²) in [6.07, 6.45) is -5.26. The zero-order chi connectivity index (χ0) is 9.07. The molecular formula is C5H6BrF3O2.